The summed E-state index contributed by atoms with van der Waals surface area (Å²) in [6.07, 6.45) is 3.93. The normalized spacial score (nSPS) is 12.9. The summed E-state index contributed by atoms with van der Waals surface area (Å²) in [4.78, 5) is 8.06. The Kier molecular flexibility index (Phi) is 4.28. The number of thiazole rings is 1. The van der Waals surface area contributed by atoms with Gasteiger partial charge in [-0.05, 0) is 28.8 Å². The Balaban J connectivity index is 1.92. The van der Waals surface area contributed by atoms with E-state index in [2.05, 4.69) is 51.7 Å². The fraction of sp³-hybridized carbons (Fsp3) is 0.400. The van der Waals surface area contributed by atoms with Crippen LogP contribution < -0.4 is 10.6 Å². The highest BCUT2D eigenvalue weighted by molar-refractivity contribution is 7.15. The molecule has 0 spiro atoms. The third-order valence-electron chi connectivity index (χ3n) is 3.68. The fourth-order valence-corrected chi connectivity index (χ4v) is 3.83. The Bertz CT molecular complexity index is 698. The molecule has 4 nitrogen and oxygen atoms in total. The number of nitrogens with two attached hydrogens (primary N) is 1. The molecule has 0 bridgehead atoms. The molecule has 3 aromatic heterocycles. The number of fused-ring (bicyclic) bond motifs is 1. The van der Waals surface area contributed by atoms with E-state index in [1.165, 1.54) is 11.3 Å². The molecule has 0 aliphatic rings. The summed E-state index contributed by atoms with van der Waals surface area (Å²) in [6.45, 7) is 3.01. The first-order chi connectivity index (χ1) is 10.2. The van der Waals surface area contributed by atoms with Crippen LogP contribution in [0.1, 0.15) is 24.6 Å². The molecule has 0 aliphatic carbocycles. The molecular formula is C15H20N4S2. The average Bonchev–Trinajstić information content (AvgIpc) is 3.16. The van der Waals surface area contributed by atoms with Gasteiger partial charge in [-0.2, -0.15) is 11.3 Å². The van der Waals surface area contributed by atoms with Crippen molar-refractivity contribution in [3.8, 4) is 0 Å². The lowest BCUT2D eigenvalue weighted by molar-refractivity contribution is 0.633. The van der Waals surface area contributed by atoms with Gasteiger partial charge >= 0.3 is 0 Å². The van der Waals surface area contributed by atoms with E-state index < -0.39 is 0 Å². The zero-order valence-corrected chi connectivity index (χ0v) is 14.0. The van der Waals surface area contributed by atoms with Crippen molar-refractivity contribution in [2.75, 3.05) is 11.9 Å². The van der Waals surface area contributed by atoms with Crippen molar-refractivity contribution in [3.05, 3.63) is 39.7 Å². The lowest BCUT2D eigenvalue weighted by Crippen LogP contribution is -2.25. The minimum absolute atomic E-state index is 0.179. The molecule has 0 aliphatic heterocycles. The lowest BCUT2D eigenvalue weighted by Gasteiger charge is -2.19. The molecule has 3 heterocycles. The topological polar surface area (TPSA) is 46.6 Å². The summed E-state index contributed by atoms with van der Waals surface area (Å²) in [7, 11) is 2.10. The van der Waals surface area contributed by atoms with Crippen molar-refractivity contribution in [1.82, 2.24) is 9.38 Å². The number of thiophene rings is 1. The third kappa shape index (κ3) is 2.97. The molecule has 3 rings (SSSR count). The van der Waals surface area contributed by atoms with E-state index in [-0.39, 0.29) is 6.04 Å². The summed E-state index contributed by atoms with van der Waals surface area (Å²) in [5.41, 5.74) is 8.72. The predicted molar refractivity (Wildman–Crippen MR) is 91.5 cm³/mol. The summed E-state index contributed by atoms with van der Waals surface area (Å²) in [6, 6.07) is 2.34. The summed E-state index contributed by atoms with van der Waals surface area (Å²) in [5.74, 6) is 1.05. The van der Waals surface area contributed by atoms with Crippen LogP contribution >= 0.6 is 22.7 Å². The molecule has 112 valence electrons. The number of anilines is 1. The van der Waals surface area contributed by atoms with E-state index in [1.54, 1.807) is 22.7 Å². The highest BCUT2D eigenvalue weighted by atomic mass is 32.1. The zero-order valence-electron chi connectivity index (χ0n) is 12.3. The van der Waals surface area contributed by atoms with Gasteiger partial charge in [0.1, 0.15) is 0 Å². The highest BCUT2D eigenvalue weighted by Gasteiger charge is 2.18. The Labute approximate surface area is 132 Å². The van der Waals surface area contributed by atoms with Crippen molar-refractivity contribution < 1.29 is 0 Å². The minimum Gasteiger partial charge on any atom is -0.354 e. The molecule has 1 unspecified atom stereocenters. The largest absolute Gasteiger partial charge is 0.354 e. The van der Waals surface area contributed by atoms with Crippen LogP contribution in [0.5, 0.6) is 0 Å². The van der Waals surface area contributed by atoms with Crippen LogP contribution in [0.2, 0.25) is 0 Å². The average molecular weight is 320 g/mol. The first kappa shape index (κ1) is 14.6. The van der Waals surface area contributed by atoms with E-state index >= 15 is 0 Å². The molecular weight excluding hydrogens is 300 g/mol. The molecule has 0 amide bonds. The SMILES string of the molecule is CCC(N)Cc1c(N(C)Cc2ccsc2)nc2sccn12. The number of aromatic nitrogens is 2. The Morgan fingerprint density at radius 1 is 1.43 bits per heavy atom. The van der Waals surface area contributed by atoms with Crippen LogP contribution in [0.25, 0.3) is 4.96 Å². The number of hydrogen-bond acceptors (Lipinski definition) is 5. The molecule has 0 saturated heterocycles. The Hall–Kier alpha value is -1.37. The van der Waals surface area contributed by atoms with Crippen LogP contribution in [0, 0.1) is 0 Å². The van der Waals surface area contributed by atoms with E-state index in [4.69, 9.17) is 10.7 Å². The van der Waals surface area contributed by atoms with Crippen molar-refractivity contribution in [2.24, 2.45) is 5.73 Å². The van der Waals surface area contributed by atoms with Crippen LogP contribution in [0.3, 0.4) is 0 Å². The molecule has 1 atom stereocenters. The summed E-state index contributed by atoms with van der Waals surface area (Å²) >= 11 is 3.40. The maximum Gasteiger partial charge on any atom is 0.195 e. The number of nitrogens with zero attached hydrogens (tertiary/aromatic N) is 3. The highest BCUT2D eigenvalue weighted by Crippen LogP contribution is 2.26. The monoisotopic (exact) mass is 320 g/mol. The third-order valence-corrected chi connectivity index (χ3v) is 5.17. The van der Waals surface area contributed by atoms with Crippen molar-refractivity contribution >= 4 is 33.5 Å². The van der Waals surface area contributed by atoms with Crippen LogP contribution in [0.4, 0.5) is 5.82 Å². The fourth-order valence-electron chi connectivity index (χ4n) is 2.44. The maximum atomic E-state index is 6.17. The van der Waals surface area contributed by atoms with Crippen molar-refractivity contribution in [3.63, 3.8) is 0 Å². The predicted octanol–water partition coefficient (Wildman–Crippen LogP) is 3.37. The Morgan fingerprint density at radius 3 is 3.00 bits per heavy atom. The molecule has 0 fully saturated rings. The second-order valence-corrected chi connectivity index (χ2v) is 6.95. The number of hydrogen-bond donors (Lipinski definition) is 1. The van der Waals surface area contributed by atoms with Crippen LogP contribution in [-0.4, -0.2) is 22.5 Å². The minimum atomic E-state index is 0.179. The molecule has 6 heteroatoms. The summed E-state index contributed by atoms with van der Waals surface area (Å²) in [5, 5.41) is 6.38. The van der Waals surface area contributed by atoms with Gasteiger partial charge in [0.2, 0.25) is 0 Å². The quantitative estimate of drug-likeness (QED) is 0.757. The van der Waals surface area contributed by atoms with E-state index in [1.807, 2.05) is 0 Å². The Morgan fingerprint density at radius 2 is 2.29 bits per heavy atom. The van der Waals surface area contributed by atoms with Gasteiger partial charge in [-0.25, -0.2) is 4.98 Å². The van der Waals surface area contributed by atoms with Crippen LogP contribution in [-0.2, 0) is 13.0 Å². The number of rotatable bonds is 6. The second kappa shape index (κ2) is 6.17. The smallest absolute Gasteiger partial charge is 0.195 e. The first-order valence-corrected chi connectivity index (χ1v) is 8.93. The molecule has 0 radical (unpaired) electrons. The zero-order chi connectivity index (χ0) is 14.8. The van der Waals surface area contributed by atoms with E-state index in [0.717, 1.165) is 30.2 Å². The lowest BCUT2D eigenvalue weighted by atomic mass is 10.1. The van der Waals surface area contributed by atoms with Gasteiger partial charge in [0.05, 0.1) is 5.69 Å². The van der Waals surface area contributed by atoms with Crippen molar-refractivity contribution in [1.29, 1.82) is 0 Å². The van der Waals surface area contributed by atoms with Crippen molar-refractivity contribution in [2.45, 2.75) is 32.4 Å². The molecule has 3 aromatic rings. The van der Waals surface area contributed by atoms with Gasteiger partial charge in [0.25, 0.3) is 0 Å². The summed E-state index contributed by atoms with van der Waals surface area (Å²) < 4.78 is 2.18. The molecule has 0 aromatic carbocycles. The van der Waals surface area contributed by atoms with E-state index in [9.17, 15) is 0 Å². The van der Waals surface area contributed by atoms with Gasteiger partial charge in [-0.3, -0.25) is 4.40 Å². The van der Waals surface area contributed by atoms with Gasteiger partial charge in [0, 0.05) is 37.6 Å². The second-order valence-electron chi connectivity index (χ2n) is 5.30. The number of imidazole rings is 1. The van der Waals surface area contributed by atoms with Gasteiger partial charge < -0.3 is 10.6 Å². The first-order valence-electron chi connectivity index (χ1n) is 7.11. The van der Waals surface area contributed by atoms with Gasteiger partial charge in [-0.1, -0.05) is 6.92 Å². The standard InChI is InChI=1S/C15H20N4S2/c1-3-12(16)8-13-14(17-15-19(13)5-7-21-15)18(2)9-11-4-6-20-10-11/h4-7,10,12H,3,8-9,16H2,1-2H3. The maximum absolute atomic E-state index is 6.17. The molecule has 2 N–H and O–H groups in total. The van der Waals surface area contributed by atoms with Gasteiger partial charge in [-0.15, -0.1) is 11.3 Å². The van der Waals surface area contributed by atoms with E-state index in [0.29, 0.717) is 0 Å². The molecule has 0 saturated carbocycles. The molecule has 21 heavy (non-hydrogen) atoms. The van der Waals surface area contributed by atoms with Gasteiger partial charge in [0.15, 0.2) is 10.8 Å². The van der Waals surface area contributed by atoms with Crippen LogP contribution in [0.15, 0.2) is 28.4 Å².